The van der Waals surface area contributed by atoms with Crippen LogP contribution in [-0.4, -0.2) is 17.3 Å². The Balaban J connectivity index is 3.13. The molecule has 1 rings (SSSR count). The molecule has 0 aliphatic carbocycles. The molecule has 0 aromatic heterocycles. The molecule has 0 heterocycles. The summed E-state index contributed by atoms with van der Waals surface area (Å²) in [6.07, 6.45) is -4.50. The fraction of sp³-hybridized carbons (Fsp3) is 0.100. The van der Waals surface area contributed by atoms with Crippen LogP contribution in [0, 0.1) is 5.82 Å². The molecule has 0 aliphatic heterocycles. The molecule has 86 valence electrons. The zero-order valence-electron chi connectivity index (χ0n) is 7.75. The summed E-state index contributed by atoms with van der Waals surface area (Å²) in [6.45, 7) is 0. The lowest BCUT2D eigenvalue weighted by Crippen LogP contribution is -2.19. The van der Waals surface area contributed by atoms with Gasteiger partial charge in [0, 0.05) is 0 Å². The Morgan fingerprint density at radius 3 is 2.06 bits per heavy atom. The molecule has 6 heteroatoms. The molecule has 0 aliphatic rings. The van der Waals surface area contributed by atoms with Crippen molar-refractivity contribution in [2.75, 3.05) is 0 Å². The molecule has 0 spiro atoms. The van der Waals surface area contributed by atoms with E-state index in [9.17, 15) is 22.4 Å². The highest BCUT2D eigenvalue weighted by molar-refractivity contribution is 5.93. The molecule has 1 N–H and O–H groups in total. The van der Waals surface area contributed by atoms with Crippen LogP contribution in [0.25, 0.3) is 6.08 Å². The first kappa shape index (κ1) is 12.2. The first-order valence-corrected chi connectivity index (χ1v) is 4.08. The number of carboxylic acids is 1. The van der Waals surface area contributed by atoms with E-state index >= 15 is 0 Å². The van der Waals surface area contributed by atoms with Crippen molar-refractivity contribution < 1.29 is 27.5 Å². The third-order valence-corrected chi connectivity index (χ3v) is 1.72. The Labute approximate surface area is 87.8 Å². The average molecular weight is 234 g/mol. The van der Waals surface area contributed by atoms with Crippen molar-refractivity contribution in [3.05, 3.63) is 41.2 Å². The fourth-order valence-electron chi connectivity index (χ4n) is 0.990. The highest BCUT2D eigenvalue weighted by atomic mass is 19.4. The van der Waals surface area contributed by atoms with E-state index in [0.29, 0.717) is 6.08 Å². The van der Waals surface area contributed by atoms with E-state index in [2.05, 4.69) is 0 Å². The number of hydrogen-bond acceptors (Lipinski definition) is 1. The number of rotatable bonds is 2. The highest BCUT2D eigenvalue weighted by Gasteiger charge is 2.38. The standard InChI is InChI=1S/C10H6F4O2/c11-7-3-1-6(2-4-7)5-8(9(15)16)10(12,13)14/h1-5H,(H,15,16)/b8-5+. The predicted octanol–water partition coefficient (Wildman–Crippen LogP) is 2.86. The number of carbonyl (C=O) groups is 1. The Morgan fingerprint density at radius 1 is 1.19 bits per heavy atom. The van der Waals surface area contributed by atoms with Crippen LogP contribution in [0.15, 0.2) is 29.8 Å². The molecule has 0 radical (unpaired) electrons. The van der Waals surface area contributed by atoms with Gasteiger partial charge in [-0.05, 0) is 23.8 Å². The quantitative estimate of drug-likeness (QED) is 0.631. The molecule has 2 nitrogen and oxygen atoms in total. The van der Waals surface area contributed by atoms with E-state index in [0.717, 1.165) is 24.3 Å². The second-order valence-corrected chi connectivity index (χ2v) is 2.91. The Kier molecular flexibility index (Phi) is 3.31. The lowest BCUT2D eigenvalue weighted by atomic mass is 10.1. The van der Waals surface area contributed by atoms with E-state index in [1.807, 2.05) is 0 Å². The minimum atomic E-state index is -4.94. The van der Waals surface area contributed by atoms with E-state index in [1.165, 1.54) is 0 Å². The summed E-state index contributed by atoms with van der Waals surface area (Å²) in [5, 5.41) is 8.36. The summed E-state index contributed by atoms with van der Waals surface area (Å²) in [5.41, 5.74) is -1.73. The van der Waals surface area contributed by atoms with Gasteiger partial charge in [-0.3, -0.25) is 0 Å². The number of alkyl halides is 3. The van der Waals surface area contributed by atoms with E-state index in [4.69, 9.17) is 5.11 Å². The minimum absolute atomic E-state index is 0.0314. The van der Waals surface area contributed by atoms with Crippen LogP contribution in [0.3, 0.4) is 0 Å². The summed E-state index contributed by atoms with van der Waals surface area (Å²) in [5.74, 6) is -2.68. The summed E-state index contributed by atoms with van der Waals surface area (Å²) in [6, 6.07) is 4.01. The van der Waals surface area contributed by atoms with Gasteiger partial charge in [0.2, 0.25) is 0 Å². The SMILES string of the molecule is O=C(O)/C(=C\c1ccc(F)cc1)C(F)(F)F. The van der Waals surface area contributed by atoms with Crippen LogP contribution >= 0.6 is 0 Å². The van der Waals surface area contributed by atoms with Crippen LogP contribution in [0.4, 0.5) is 17.6 Å². The van der Waals surface area contributed by atoms with E-state index < -0.39 is 23.5 Å². The maximum absolute atomic E-state index is 12.5. The normalized spacial score (nSPS) is 12.6. The molecule has 0 saturated heterocycles. The van der Waals surface area contributed by atoms with Crippen molar-refractivity contribution in [1.82, 2.24) is 0 Å². The van der Waals surface area contributed by atoms with Crippen molar-refractivity contribution in [2.24, 2.45) is 0 Å². The van der Waals surface area contributed by atoms with E-state index in [1.54, 1.807) is 0 Å². The molecule has 16 heavy (non-hydrogen) atoms. The number of benzene rings is 1. The van der Waals surface area contributed by atoms with Gasteiger partial charge in [0.15, 0.2) is 0 Å². The summed E-state index contributed by atoms with van der Waals surface area (Å²) >= 11 is 0. The van der Waals surface area contributed by atoms with Gasteiger partial charge in [-0.1, -0.05) is 12.1 Å². The van der Waals surface area contributed by atoms with Crippen molar-refractivity contribution in [3.8, 4) is 0 Å². The van der Waals surface area contributed by atoms with E-state index in [-0.39, 0.29) is 5.56 Å². The first-order valence-electron chi connectivity index (χ1n) is 4.08. The van der Waals surface area contributed by atoms with Gasteiger partial charge in [0.25, 0.3) is 0 Å². The number of halogens is 4. The monoisotopic (exact) mass is 234 g/mol. The molecular formula is C10H6F4O2. The van der Waals surface area contributed by atoms with Crippen LogP contribution in [-0.2, 0) is 4.79 Å². The molecule has 1 aromatic rings. The van der Waals surface area contributed by atoms with Gasteiger partial charge in [-0.15, -0.1) is 0 Å². The summed E-state index contributed by atoms with van der Waals surface area (Å²) in [7, 11) is 0. The van der Waals surface area contributed by atoms with Gasteiger partial charge >= 0.3 is 12.1 Å². The first-order chi connectivity index (χ1) is 7.30. The summed E-state index contributed by atoms with van der Waals surface area (Å²) in [4.78, 5) is 10.4. The molecule has 0 atom stereocenters. The molecule has 0 amide bonds. The fourth-order valence-corrected chi connectivity index (χ4v) is 0.990. The number of aliphatic carboxylic acids is 1. The van der Waals surface area contributed by atoms with Crippen molar-refractivity contribution >= 4 is 12.0 Å². The molecule has 1 aromatic carbocycles. The van der Waals surface area contributed by atoms with Gasteiger partial charge < -0.3 is 5.11 Å². The smallest absolute Gasteiger partial charge is 0.423 e. The summed E-state index contributed by atoms with van der Waals surface area (Å²) < 4.78 is 49.1. The van der Waals surface area contributed by atoms with Crippen LogP contribution < -0.4 is 0 Å². The highest BCUT2D eigenvalue weighted by Crippen LogP contribution is 2.27. The van der Waals surface area contributed by atoms with Crippen molar-refractivity contribution in [3.63, 3.8) is 0 Å². The Bertz CT molecular complexity index is 417. The predicted molar refractivity (Wildman–Crippen MR) is 48.1 cm³/mol. The second-order valence-electron chi connectivity index (χ2n) is 2.91. The largest absolute Gasteiger partial charge is 0.478 e. The van der Waals surface area contributed by atoms with Crippen molar-refractivity contribution in [1.29, 1.82) is 0 Å². The zero-order chi connectivity index (χ0) is 12.3. The maximum Gasteiger partial charge on any atom is 0.423 e. The zero-order valence-corrected chi connectivity index (χ0v) is 7.75. The van der Waals surface area contributed by atoms with Gasteiger partial charge in [0.05, 0.1) is 0 Å². The minimum Gasteiger partial charge on any atom is -0.478 e. The average Bonchev–Trinajstić information content (AvgIpc) is 2.14. The van der Waals surface area contributed by atoms with Crippen LogP contribution in [0.1, 0.15) is 5.56 Å². The Morgan fingerprint density at radius 2 is 1.69 bits per heavy atom. The molecule has 0 fully saturated rings. The number of hydrogen-bond donors (Lipinski definition) is 1. The maximum atomic E-state index is 12.5. The van der Waals surface area contributed by atoms with Crippen LogP contribution in [0.5, 0.6) is 0 Å². The Hall–Kier alpha value is -1.85. The van der Waals surface area contributed by atoms with Gasteiger partial charge in [0.1, 0.15) is 11.4 Å². The third kappa shape index (κ3) is 3.08. The third-order valence-electron chi connectivity index (χ3n) is 1.72. The van der Waals surface area contributed by atoms with Gasteiger partial charge in [-0.25, -0.2) is 9.18 Å². The molecule has 0 bridgehead atoms. The number of carboxylic acid groups (broad SMARTS) is 1. The lowest BCUT2D eigenvalue weighted by Gasteiger charge is -2.06. The van der Waals surface area contributed by atoms with Crippen LogP contribution in [0.2, 0.25) is 0 Å². The molecule has 0 unspecified atom stereocenters. The molecular weight excluding hydrogens is 228 g/mol. The van der Waals surface area contributed by atoms with Crippen molar-refractivity contribution in [2.45, 2.75) is 6.18 Å². The topological polar surface area (TPSA) is 37.3 Å². The van der Waals surface area contributed by atoms with Gasteiger partial charge in [-0.2, -0.15) is 13.2 Å². The lowest BCUT2D eigenvalue weighted by molar-refractivity contribution is -0.144. The molecule has 0 saturated carbocycles. The second kappa shape index (κ2) is 4.34.